The van der Waals surface area contributed by atoms with Crippen molar-refractivity contribution in [3.8, 4) is 5.75 Å². The minimum atomic E-state index is -0.140. The van der Waals surface area contributed by atoms with Crippen molar-refractivity contribution in [2.75, 3.05) is 33.2 Å². The minimum Gasteiger partial charge on any atom is -0.495 e. The number of methoxy groups -OCH3 is 2. The van der Waals surface area contributed by atoms with E-state index in [4.69, 9.17) is 9.47 Å². The van der Waals surface area contributed by atoms with E-state index in [1.165, 1.54) is 6.92 Å². The molecule has 0 aromatic heterocycles. The fourth-order valence-corrected chi connectivity index (χ4v) is 2.06. The summed E-state index contributed by atoms with van der Waals surface area (Å²) in [6.07, 6.45) is 0. The third-order valence-electron chi connectivity index (χ3n) is 3.06. The number of carbonyl (C=O) groups excluding carboxylic acids is 1. The van der Waals surface area contributed by atoms with Crippen LogP contribution in [0.3, 0.4) is 0 Å². The van der Waals surface area contributed by atoms with Crippen LogP contribution >= 0.6 is 0 Å². The van der Waals surface area contributed by atoms with Crippen LogP contribution in [0.2, 0.25) is 0 Å². The molecule has 0 radical (unpaired) electrons. The Bertz CT molecular complexity index is 546. The van der Waals surface area contributed by atoms with E-state index in [1.807, 2.05) is 25.1 Å². The van der Waals surface area contributed by atoms with Crippen molar-refractivity contribution >= 4 is 17.6 Å². The van der Waals surface area contributed by atoms with E-state index >= 15 is 0 Å². The molecule has 0 bridgehead atoms. The van der Waals surface area contributed by atoms with Gasteiger partial charge in [-0.3, -0.25) is 9.79 Å². The van der Waals surface area contributed by atoms with Gasteiger partial charge in [0.25, 0.3) is 0 Å². The zero-order chi connectivity index (χ0) is 17.2. The number of aliphatic imine (C=N–C) groups is 1. The molecule has 128 valence electrons. The number of rotatable bonds is 7. The van der Waals surface area contributed by atoms with Crippen LogP contribution < -0.4 is 20.7 Å². The lowest BCUT2D eigenvalue weighted by atomic mass is 10.2. The summed E-state index contributed by atoms with van der Waals surface area (Å²) in [5.41, 5.74) is 1.65. The maximum absolute atomic E-state index is 11.3. The normalized spacial score (nSPS) is 12.5. The second-order valence-electron chi connectivity index (χ2n) is 5.14. The number of nitrogens with zero attached hydrogens (tertiary/aromatic N) is 1. The molecule has 23 heavy (non-hydrogen) atoms. The second-order valence-corrected chi connectivity index (χ2v) is 5.14. The van der Waals surface area contributed by atoms with Crippen molar-refractivity contribution in [2.24, 2.45) is 4.99 Å². The molecule has 1 amide bonds. The molecule has 1 atom stereocenters. The fraction of sp³-hybridized carbons (Fsp3) is 0.500. The molecule has 1 aromatic carbocycles. The zero-order valence-corrected chi connectivity index (χ0v) is 14.4. The predicted octanol–water partition coefficient (Wildman–Crippen LogP) is 1.35. The van der Waals surface area contributed by atoms with Crippen LogP contribution in [0, 0.1) is 0 Å². The quantitative estimate of drug-likeness (QED) is 0.521. The van der Waals surface area contributed by atoms with E-state index in [2.05, 4.69) is 20.9 Å². The fourth-order valence-electron chi connectivity index (χ4n) is 2.06. The van der Waals surface area contributed by atoms with Crippen molar-refractivity contribution in [3.63, 3.8) is 0 Å². The summed E-state index contributed by atoms with van der Waals surface area (Å²) in [5, 5.41) is 9.21. The average molecular weight is 322 g/mol. The first kappa shape index (κ1) is 18.8. The minimum absolute atomic E-state index is 0.140. The van der Waals surface area contributed by atoms with E-state index in [1.54, 1.807) is 21.3 Å². The number of hydrogen-bond donors (Lipinski definition) is 3. The van der Waals surface area contributed by atoms with Gasteiger partial charge < -0.3 is 25.4 Å². The van der Waals surface area contributed by atoms with Crippen molar-refractivity contribution in [3.05, 3.63) is 23.8 Å². The van der Waals surface area contributed by atoms with Crippen molar-refractivity contribution in [1.29, 1.82) is 0 Å². The van der Waals surface area contributed by atoms with Gasteiger partial charge in [-0.25, -0.2) is 0 Å². The van der Waals surface area contributed by atoms with Gasteiger partial charge in [0.1, 0.15) is 5.75 Å². The van der Waals surface area contributed by atoms with E-state index in [0.717, 1.165) is 5.56 Å². The molecule has 1 aromatic rings. The highest BCUT2D eigenvalue weighted by Gasteiger charge is 2.08. The number of ether oxygens (including phenoxy) is 2. The molecule has 0 spiro atoms. The van der Waals surface area contributed by atoms with Crippen molar-refractivity contribution < 1.29 is 14.3 Å². The molecule has 0 saturated carbocycles. The Labute approximate surface area is 137 Å². The van der Waals surface area contributed by atoms with E-state index in [0.29, 0.717) is 30.5 Å². The zero-order valence-electron chi connectivity index (χ0n) is 14.4. The van der Waals surface area contributed by atoms with Crippen LogP contribution in [0.1, 0.15) is 19.4 Å². The lowest BCUT2D eigenvalue weighted by molar-refractivity contribution is -0.114. The molecule has 7 nitrogen and oxygen atoms in total. The monoisotopic (exact) mass is 322 g/mol. The molecule has 0 saturated heterocycles. The molecule has 1 rings (SSSR count). The Kier molecular flexibility index (Phi) is 7.90. The Balaban J connectivity index is 2.71. The van der Waals surface area contributed by atoms with Crippen molar-refractivity contribution in [2.45, 2.75) is 26.4 Å². The SMILES string of the molecule is CN=C(NCc1ccc(OC)c(NC(C)=O)c1)NC(C)COC. The Hall–Kier alpha value is -2.28. The van der Waals surface area contributed by atoms with Crippen LogP contribution in [0.25, 0.3) is 0 Å². The number of benzene rings is 1. The molecular formula is C16H26N4O3. The number of amides is 1. The Morgan fingerprint density at radius 3 is 2.65 bits per heavy atom. The number of carbonyl (C=O) groups is 1. The van der Waals surface area contributed by atoms with E-state index in [9.17, 15) is 4.79 Å². The summed E-state index contributed by atoms with van der Waals surface area (Å²) in [7, 11) is 4.95. The first-order valence-corrected chi connectivity index (χ1v) is 7.40. The average Bonchev–Trinajstić information content (AvgIpc) is 2.51. The van der Waals surface area contributed by atoms with Gasteiger partial charge >= 0.3 is 0 Å². The summed E-state index contributed by atoms with van der Waals surface area (Å²) < 4.78 is 10.3. The standard InChI is InChI=1S/C16H26N4O3/c1-11(10-22-4)19-16(17-3)18-9-13-6-7-15(23-5)14(8-13)20-12(2)21/h6-8,11H,9-10H2,1-5H3,(H,20,21)(H2,17,18,19). The third-order valence-corrected chi connectivity index (χ3v) is 3.06. The summed E-state index contributed by atoms with van der Waals surface area (Å²) in [6.45, 7) is 4.64. The smallest absolute Gasteiger partial charge is 0.221 e. The van der Waals surface area contributed by atoms with Gasteiger partial charge in [0.15, 0.2) is 5.96 Å². The summed E-state index contributed by atoms with van der Waals surface area (Å²) in [5.74, 6) is 1.17. The first-order chi connectivity index (χ1) is 11.0. The molecule has 0 heterocycles. The van der Waals surface area contributed by atoms with Crippen LogP contribution in [0.15, 0.2) is 23.2 Å². The third kappa shape index (κ3) is 6.56. The molecule has 0 aliphatic rings. The van der Waals surface area contributed by atoms with Gasteiger partial charge in [0.2, 0.25) is 5.91 Å². The molecule has 3 N–H and O–H groups in total. The molecular weight excluding hydrogens is 296 g/mol. The number of anilines is 1. The number of hydrogen-bond acceptors (Lipinski definition) is 4. The Morgan fingerprint density at radius 1 is 1.35 bits per heavy atom. The molecule has 0 aliphatic heterocycles. The van der Waals surface area contributed by atoms with Gasteiger partial charge in [-0.05, 0) is 24.6 Å². The lowest BCUT2D eigenvalue weighted by Gasteiger charge is -2.17. The summed E-state index contributed by atoms with van der Waals surface area (Å²) in [4.78, 5) is 15.4. The summed E-state index contributed by atoms with van der Waals surface area (Å²) in [6, 6.07) is 5.78. The predicted molar refractivity (Wildman–Crippen MR) is 92.0 cm³/mol. The molecule has 0 fully saturated rings. The highest BCUT2D eigenvalue weighted by atomic mass is 16.5. The molecule has 0 aliphatic carbocycles. The van der Waals surface area contributed by atoms with Gasteiger partial charge in [0.05, 0.1) is 19.4 Å². The lowest BCUT2D eigenvalue weighted by Crippen LogP contribution is -2.43. The topological polar surface area (TPSA) is 84.0 Å². The number of guanidine groups is 1. The second kappa shape index (κ2) is 9.68. The molecule has 1 unspecified atom stereocenters. The van der Waals surface area contributed by atoms with Gasteiger partial charge in [-0.1, -0.05) is 6.07 Å². The van der Waals surface area contributed by atoms with E-state index in [-0.39, 0.29) is 11.9 Å². The van der Waals surface area contributed by atoms with Crippen LogP contribution in [-0.4, -0.2) is 45.8 Å². The molecule has 7 heteroatoms. The van der Waals surface area contributed by atoms with Crippen LogP contribution in [-0.2, 0) is 16.1 Å². The largest absolute Gasteiger partial charge is 0.495 e. The van der Waals surface area contributed by atoms with Crippen LogP contribution in [0.4, 0.5) is 5.69 Å². The summed E-state index contributed by atoms with van der Waals surface area (Å²) >= 11 is 0. The Morgan fingerprint density at radius 2 is 2.09 bits per heavy atom. The maximum Gasteiger partial charge on any atom is 0.221 e. The van der Waals surface area contributed by atoms with Gasteiger partial charge in [-0.2, -0.15) is 0 Å². The first-order valence-electron chi connectivity index (χ1n) is 7.40. The van der Waals surface area contributed by atoms with E-state index < -0.39 is 0 Å². The highest BCUT2D eigenvalue weighted by molar-refractivity contribution is 5.90. The highest BCUT2D eigenvalue weighted by Crippen LogP contribution is 2.25. The number of nitrogens with one attached hydrogen (secondary N) is 3. The van der Waals surface area contributed by atoms with Gasteiger partial charge in [-0.15, -0.1) is 0 Å². The maximum atomic E-state index is 11.3. The van der Waals surface area contributed by atoms with Gasteiger partial charge in [0, 0.05) is 33.7 Å². The van der Waals surface area contributed by atoms with Crippen LogP contribution in [0.5, 0.6) is 5.75 Å². The van der Waals surface area contributed by atoms with Crippen molar-refractivity contribution in [1.82, 2.24) is 10.6 Å².